The lowest BCUT2D eigenvalue weighted by molar-refractivity contribution is -0.120. The molecule has 1 unspecified atom stereocenters. The van der Waals surface area contributed by atoms with E-state index < -0.39 is 28.5 Å². The number of carbonyl (C=O) groups excluding carboxylic acids is 1. The highest BCUT2D eigenvalue weighted by molar-refractivity contribution is 7.92. The molecule has 37 heavy (non-hydrogen) atoms. The van der Waals surface area contributed by atoms with Crippen molar-refractivity contribution in [2.75, 3.05) is 10.8 Å². The van der Waals surface area contributed by atoms with Crippen LogP contribution in [0.3, 0.4) is 0 Å². The molecule has 5 nitrogen and oxygen atoms in total. The monoisotopic (exact) mass is 532 g/mol. The summed E-state index contributed by atoms with van der Waals surface area (Å²) < 4.78 is 28.6. The van der Waals surface area contributed by atoms with E-state index >= 15 is 0 Å². The second-order valence-corrected chi connectivity index (χ2v) is 11.4. The third kappa shape index (κ3) is 6.21. The van der Waals surface area contributed by atoms with E-state index in [-0.39, 0.29) is 4.90 Å². The predicted octanol–water partition coefficient (Wildman–Crippen LogP) is 6.37. The number of hydrogen-bond donors (Lipinski definition) is 1. The molecule has 0 fully saturated rings. The fraction of sp³-hybridized carbons (Fsp3) is 0.167. The topological polar surface area (TPSA) is 66.5 Å². The van der Waals surface area contributed by atoms with Gasteiger partial charge in [-0.25, -0.2) is 8.42 Å². The highest BCUT2D eigenvalue weighted by Gasteiger charge is 2.29. The van der Waals surface area contributed by atoms with Crippen molar-refractivity contribution in [3.63, 3.8) is 0 Å². The first-order valence-electron chi connectivity index (χ1n) is 11.9. The standard InChI is InChI=1S/C30H29ClN2O3S/c1-21-12-16-27(17-13-21)37(35,36)33(26-15-14-23(3)28(31)19-26)20-29(34)32-30(24-9-5-4-6-10-24)25-11-7-8-22(2)18-25/h4-19,30H,20H2,1-3H3,(H,32,34). The lowest BCUT2D eigenvalue weighted by atomic mass is 9.97. The van der Waals surface area contributed by atoms with Crippen LogP contribution in [0.25, 0.3) is 0 Å². The SMILES string of the molecule is Cc1ccc(S(=O)(=O)N(CC(=O)NC(c2ccccc2)c2cccc(C)c2)c2ccc(C)c(Cl)c2)cc1. The molecule has 0 spiro atoms. The Morgan fingerprint density at radius 1 is 0.811 bits per heavy atom. The van der Waals surface area contributed by atoms with Gasteiger partial charge in [0.25, 0.3) is 10.0 Å². The maximum atomic E-state index is 13.7. The van der Waals surface area contributed by atoms with Crippen LogP contribution in [0.1, 0.15) is 33.9 Å². The van der Waals surface area contributed by atoms with Crippen LogP contribution in [0.2, 0.25) is 5.02 Å². The van der Waals surface area contributed by atoms with Gasteiger partial charge >= 0.3 is 0 Å². The van der Waals surface area contributed by atoms with Crippen LogP contribution in [0.15, 0.2) is 102 Å². The number of carbonyl (C=O) groups is 1. The first-order valence-corrected chi connectivity index (χ1v) is 13.7. The van der Waals surface area contributed by atoms with Gasteiger partial charge in [-0.1, -0.05) is 95.5 Å². The summed E-state index contributed by atoms with van der Waals surface area (Å²) in [5.74, 6) is -0.442. The molecule has 4 rings (SSSR count). The minimum absolute atomic E-state index is 0.0980. The lowest BCUT2D eigenvalue weighted by Gasteiger charge is -2.26. The summed E-state index contributed by atoms with van der Waals surface area (Å²) >= 11 is 6.35. The maximum absolute atomic E-state index is 13.7. The first kappa shape index (κ1) is 26.5. The molecule has 1 amide bonds. The maximum Gasteiger partial charge on any atom is 0.264 e. The lowest BCUT2D eigenvalue weighted by Crippen LogP contribution is -2.42. The van der Waals surface area contributed by atoms with E-state index in [1.165, 1.54) is 0 Å². The zero-order chi connectivity index (χ0) is 26.6. The third-order valence-electron chi connectivity index (χ3n) is 6.15. The second-order valence-electron chi connectivity index (χ2n) is 9.08. The number of amides is 1. The van der Waals surface area contributed by atoms with Crippen molar-refractivity contribution < 1.29 is 13.2 Å². The minimum atomic E-state index is -4.05. The van der Waals surface area contributed by atoms with Crippen LogP contribution in [0.5, 0.6) is 0 Å². The molecule has 0 heterocycles. The zero-order valence-corrected chi connectivity index (χ0v) is 22.6. The van der Waals surface area contributed by atoms with Crippen molar-refractivity contribution in [3.8, 4) is 0 Å². The average molecular weight is 533 g/mol. The van der Waals surface area contributed by atoms with Gasteiger partial charge in [-0.05, 0) is 61.7 Å². The van der Waals surface area contributed by atoms with Gasteiger partial charge in [-0.2, -0.15) is 0 Å². The first-order chi connectivity index (χ1) is 17.6. The Kier molecular flexibility index (Phi) is 8.00. The minimum Gasteiger partial charge on any atom is -0.344 e. The predicted molar refractivity (Wildman–Crippen MR) is 150 cm³/mol. The molecule has 4 aromatic carbocycles. The quantitative estimate of drug-likeness (QED) is 0.287. The van der Waals surface area contributed by atoms with E-state index in [2.05, 4.69) is 5.32 Å². The van der Waals surface area contributed by atoms with Gasteiger partial charge in [-0.15, -0.1) is 0 Å². The highest BCUT2D eigenvalue weighted by Crippen LogP contribution is 2.29. The number of nitrogens with zero attached hydrogens (tertiary/aromatic N) is 1. The van der Waals surface area contributed by atoms with Crippen molar-refractivity contribution in [1.29, 1.82) is 0 Å². The second kappa shape index (κ2) is 11.2. The number of halogens is 1. The molecule has 0 aliphatic carbocycles. The molecule has 0 aromatic heterocycles. The summed E-state index contributed by atoms with van der Waals surface area (Å²) in [7, 11) is -4.05. The normalized spacial score (nSPS) is 12.1. The Balaban J connectivity index is 1.71. The zero-order valence-electron chi connectivity index (χ0n) is 21.0. The molecule has 0 saturated heterocycles. The van der Waals surface area contributed by atoms with Gasteiger partial charge in [-0.3, -0.25) is 9.10 Å². The number of sulfonamides is 1. The molecule has 0 saturated carbocycles. The number of rotatable bonds is 8. The highest BCUT2D eigenvalue weighted by atomic mass is 35.5. The van der Waals surface area contributed by atoms with Gasteiger partial charge < -0.3 is 5.32 Å². The number of hydrogen-bond acceptors (Lipinski definition) is 3. The van der Waals surface area contributed by atoms with Gasteiger partial charge in [0.2, 0.25) is 5.91 Å². The molecule has 1 atom stereocenters. The molecule has 0 bridgehead atoms. The Hall–Kier alpha value is -3.61. The average Bonchev–Trinajstić information content (AvgIpc) is 2.88. The summed E-state index contributed by atoms with van der Waals surface area (Å²) in [6.07, 6.45) is 0. The molecule has 0 aliphatic heterocycles. The number of anilines is 1. The van der Waals surface area contributed by atoms with Crippen molar-refractivity contribution in [2.24, 2.45) is 0 Å². The van der Waals surface area contributed by atoms with Crippen LogP contribution in [-0.4, -0.2) is 20.9 Å². The molecule has 1 N–H and O–H groups in total. The molecule has 0 radical (unpaired) electrons. The van der Waals surface area contributed by atoms with E-state index in [0.717, 1.165) is 32.1 Å². The summed E-state index contributed by atoms with van der Waals surface area (Å²) in [5, 5.41) is 3.48. The third-order valence-corrected chi connectivity index (χ3v) is 8.35. The smallest absolute Gasteiger partial charge is 0.264 e. The van der Waals surface area contributed by atoms with E-state index in [1.54, 1.807) is 42.5 Å². The van der Waals surface area contributed by atoms with Crippen molar-refractivity contribution >= 4 is 33.2 Å². The van der Waals surface area contributed by atoms with Gasteiger partial charge in [0.1, 0.15) is 6.54 Å². The fourth-order valence-electron chi connectivity index (χ4n) is 4.08. The van der Waals surface area contributed by atoms with Crippen molar-refractivity contribution in [2.45, 2.75) is 31.7 Å². The molecule has 7 heteroatoms. The molecule has 4 aromatic rings. The molecule has 190 valence electrons. The van der Waals surface area contributed by atoms with Crippen LogP contribution >= 0.6 is 11.6 Å². The Morgan fingerprint density at radius 2 is 1.49 bits per heavy atom. The van der Waals surface area contributed by atoms with Gasteiger partial charge in [0.15, 0.2) is 0 Å². The summed E-state index contributed by atoms with van der Waals surface area (Å²) in [4.78, 5) is 13.6. The van der Waals surface area contributed by atoms with E-state index in [4.69, 9.17) is 11.6 Å². The van der Waals surface area contributed by atoms with Gasteiger partial charge in [0, 0.05) is 5.02 Å². The molecular formula is C30H29ClN2O3S. The molecular weight excluding hydrogens is 504 g/mol. The molecule has 0 aliphatic rings. The fourth-order valence-corrected chi connectivity index (χ4v) is 5.67. The van der Waals surface area contributed by atoms with E-state index in [0.29, 0.717) is 10.7 Å². The number of aryl methyl sites for hydroxylation is 3. The van der Waals surface area contributed by atoms with Crippen LogP contribution in [0.4, 0.5) is 5.69 Å². The number of benzene rings is 4. The van der Waals surface area contributed by atoms with Crippen LogP contribution < -0.4 is 9.62 Å². The van der Waals surface area contributed by atoms with Crippen LogP contribution in [-0.2, 0) is 14.8 Å². The summed E-state index contributed by atoms with van der Waals surface area (Å²) in [6, 6.07) is 28.6. The van der Waals surface area contributed by atoms with Crippen molar-refractivity contribution in [1.82, 2.24) is 5.32 Å². The largest absolute Gasteiger partial charge is 0.344 e. The van der Waals surface area contributed by atoms with Crippen molar-refractivity contribution in [3.05, 3.63) is 130 Å². The Morgan fingerprint density at radius 3 is 2.14 bits per heavy atom. The van der Waals surface area contributed by atoms with Gasteiger partial charge in [0.05, 0.1) is 16.6 Å². The van der Waals surface area contributed by atoms with E-state index in [9.17, 15) is 13.2 Å². The summed E-state index contributed by atoms with van der Waals surface area (Å²) in [6.45, 7) is 5.30. The Bertz CT molecular complexity index is 1500. The number of nitrogens with one attached hydrogen (secondary N) is 1. The van der Waals surface area contributed by atoms with E-state index in [1.807, 2.05) is 75.4 Å². The van der Waals surface area contributed by atoms with Crippen LogP contribution in [0, 0.1) is 20.8 Å². The summed E-state index contributed by atoms with van der Waals surface area (Å²) in [5.41, 5.74) is 4.93. The Labute approximate surface area is 223 Å².